The molecule has 5 nitrogen and oxygen atoms in total. The second kappa shape index (κ2) is 5.25. The second-order valence-corrected chi connectivity index (χ2v) is 5.09. The van der Waals surface area contributed by atoms with Crippen molar-refractivity contribution in [1.82, 2.24) is 0 Å². The molecule has 0 bridgehead atoms. The van der Waals surface area contributed by atoms with Crippen LogP contribution in [0, 0.1) is 0 Å². The first-order valence-electron chi connectivity index (χ1n) is 4.62. The lowest BCUT2D eigenvalue weighted by Crippen LogP contribution is -2.07. The normalized spacial score (nSPS) is 11.2. The number of benzene rings is 1. The van der Waals surface area contributed by atoms with Gasteiger partial charge in [0, 0.05) is 27.0 Å². The third-order valence-corrected chi connectivity index (χ3v) is 3.86. The minimum absolute atomic E-state index is 0.289. The quantitative estimate of drug-likeness (QED) is 0.804. The van der Waals surface area contributed by atoms with Crippen molar-refractivity contribution in [2.75, 3.05) is 26.6 Å². The van der Waals surface area contributed by atoms with E-state index >= 15 is 0 Å². The number of carbonyl (C=O) groups is 1. The summed E-state index contributed by atoms with van der Waals surface area (Å²) in [7, 11) is 0.334. The van der Waals surface area contributed by atoms with Crippen LogP contribution in [0.3, 0.4) is 0 Å². The van der Waals surface area contributed by atoms with Gasteiger partial charge in [0.2, 0.25) is 0 Å². The number of carbonyl (C=O) groups excluding carboxylic acids is 1. The predicted molar refractivity (Wildman–Crippen MR) is 61.9 cm³/mol. The van der Waals surface area contributed by atoms with Crippen molar-refractivity contribution in [2.24, 2.45) is 0 Å². The molecule has 88 valence electrons. The van der Waals surface area contributed by atoms with Gasteiger partial charge in [0.05, 0.1) is 5.56 Å². The fraction of sp³-hybridized carbons (Fsp3) is 0.300. The minimum Gasteiger partial charge on any atom is -0.388 e. The molecule has 0 atom stereocenters. The molecule has 1 aromatic rings. The van der Waals surface area contributed by atoms with Crippen LogP contribution < -0.4 is 5.32 Å². The van der Waals surface area contributed by atoms with Crippen LogP contribution in [0.4, 0.5) is 5.69 Å². The smallest absolute Gasteiger partial charge is 0.388 e. The third-order valence-electron chi connectivity index (χ3n) is 2.16. The van der Waals surface area contributed by atoms with E-state index in [-0.39, 0.29) is 5.56 Å². The summed E-state index contributed by atoms with van der Waals surface area (Å²) >= 11 is 0. The molecule has 0 unspecified atom stereocenters. The average molecular weight is 243 g/mol. The lowest BCUT2D eigenvalue weighted by Gasteiger charge is -2.14. The van der Waals surface area contributed by atoms with Gasteiger partial charge in [-0.05, 0) is 12.1 Å². The molecule has 0 radical (unpaired) electrons. The van der Waals surface area contributed by atoms with Crippen LogP contribution in [0.2, 0.25) is 0 Å². The van der Waals surface area contributed by atoms with Gasteiger partial charge in [-0.3, -0.25) is 9.36 Å². The zero-order valence-electron chi connectivity index (χ0n) is 9.39. The minimum atomic E-state index is -3.71. The zero-order chi connectivity index (χ0) is 12.2. The van der Waals surface area contributed by atoms with E-state index in [2.05, 4.69) is 14.4 Å². The maximum absolute atomic E-state index is 12.0. The molecule has 0 spiro atoms. The molecule has 1 aromatic carbocycles. The summed E-state index contributed by atoms with van der Waals surface area (Å²) in [6.45, 7) is 0. The van der Waals surface area contributed by atoms with E-state index in [4.69, 9.17) is 0 Å². The Morgan fingerprint density at radius 3 is 2.31 bits per heavy atom. The van der Waals surface area contributed by atoms with Gasteiger partial charge in [-0.25, -0.2) is 0 Å². The van der Waals surface area contributed by atoms with E-state index in [1.807, 2.05) is 0 Å². The van der Waals surface area contributed by atoms with Crippen LogP contribution in [0.5, 0.6) is 0 Å². The van der Waals surface area contributed by atoms with Gasteiger partial charge in [0.1, 0.15) is 0 Å². The molecule has 0 aliphatic rings. The molecule has 0 aliphatic carbocycles. The first-order chi connectivity index (χ1) is 7.59. The maximum atomic E-state index is 12.0. The van der Waals surface area contributed by atoms with Crippen molar-refractivity contribution in [3.8, 4) is 0 Å². The van der Waals surface area contributed by atoms with Gasteiger partial charge in [-0.15, -0.1) is 0 Å². The summed E-state index contributed by atoms with van der Waals surface area (Å²) < 4.78 is 21.2. The lowest BCUT2D eigenvalue weighted by atomic mass is 10.2. The van der Waals surface area contributed by atoms with E-state index in [0.29, 0.717) is 5.69 Å². The van der Waals surface area contributed by atoms with Crippen LogP contribution in [0.15, 0.2) is 24.3 Å². The average Bonchev–Trinajstić information content (AvgIpc) is 2.36. The Balaban J connectivity index is 3.19. The molecule has 0 fully saturated rings. The van der Waals surface area contributed by atoms with Gasteiger partial charge in [-0.1, -0.05) is 12.1 Å². The van der Waals surface area contributed by atoms with Gasteiger partial charge in [-0.2, -0.15) is 0 Å². The molecule has 0 saturated carbocycles. The molecule has 6 heteroatoms. The number of rotatable bonds is 5. The summed E-state index contributed by atoms with van der Waals surface area (Å²) in [6, 6.07) is 6.73. The maximum Gasteiger partial charge on any atom is 0.401 e. The molecule has 1 N–H and O–H groups in total. The zero-order valence-corrected chi connectivity index (χ0v) is 10.3. The van der Waals surface area contributed by atoms with Crippen LogP contribution in [-0.4, -0.2) is 26.8 Å². The fourth-order valence-electron chi connectivity index (χ4n) is 1.28. The number of hydrogen-bond donors (Lipinski definition) is 1. The molecule has 0 saturated heterocycles. The molecule has 1 rings (SSSR count). The molecule has 0 amide bonds. The Labute approximate surface area is 94.3 Å². The van der Waals surface area contributed by atoms with Crippen molar-refractivity contribution in [1.29, 1.82) is 0 Å². The highest BCUT2D eigenvalue weighted by Crippen LogP contribution is 2.50. The topological polar surface area (TPSA) is 64.6 Å². The Hall–Kier alpha value is -1.16. The summed E-state index contributed by atoms with van der Waals surface area (Å²) in [4.78, 5) is 12.0. The Kier molecular flexibility index (Phi) is 4.24. The Morgan fingerprint density at radius 1 is 1.25 bits per heavy atom. The molecule has 0 heterocycles. The standard InChI is InChI=1S/C10H14NO4P/c1-11-9-7-5-4-6-8(9)10(12)16(13,14-2)15-3/h4-7,11H,1-3H3. The summed E-state index contributed by atoms with van der Waals surface area (Å²) in [5.74, 6) is 0. The molecule has 0 aromatic heterocycles. The Bertz CT molecular complexity index is 425. The van der Waals surface area contributed by atoms with Crippen molar-refractivity contribution in [3.05, 3.63) is 29.8 Å². The van der Waals surface area contributed by atoms with Gasteiger partial charge in [0.25, 0.3) is 5.52 Å². The van der Waals surface area contributed by atoms with Gasteiger partial charge < -0.3 is 14.4 Å². The first-order valence-corrected chi connectivity index (χ1v) is 6.16. The highest BCUT2D eigenvalue weighted by molar-refractivity contribution is 7.72. The third kappa shape index (κ3) is 2.32. The monoisotopic (exact) mass is 243 g/mol. The summed E-state index contributed by atoms with van der Waals surface area (Å²) in [5.41, 5.74) is 0.223. The van der Waals surface area contributed by atoms with Crippen LogP contribution >= 0.6 is 7.60 Å². The Morgan fingerprint density at radius 2 is 1.81 bits per heavy atom. The van der Waals surface area contributed by atoms with Crippen LogP contribution in [-0.2, 0) is 13.6 Å². The molecule has 16 heavy (non-hydrogen) atoms. The van der Waals surface area contributed by atoms with Crippen LogP contribution in [0.25, 0.3) is 0 Å². The first kappa shape index (κ1) is 12.9. The van der Waals surface area contributed by atoms with Crippen molar-refractivity contribution < 1.29 is 18.4 Å². The summed E-state index contributed by atoms with van der Waals surface area (Å²) in [5, 5.41) is 2.84. The van der Waals surface area contributed by atoms with E-state index < -0.39 is 13.1 Å². The number of hydrogen-bond acceptors (Lipinski definition) is 5. The number of para-hydroxylation sites is 1. The SMILES string of the molecule is CNc1ccccc1C(=O)P(=O)(OC)OC. The van der Waals surface area contributed by atoms with Gasteiger partial charge >= 0.3 is 7.60 Å². The fourth-order valence-corrected chi connectivity index (χ4v) is 2.25. The van der Waals surface area contributed by atoms with Crippen molar-refractivity contribution in [2.45, 2.75) is 0 Å². The lowest BCUT2D eigenvalue weighted by molar-refractivity contribution is 0.102. The summed E-state index contributed by atoms with van der Waals surface area (Å²) in [6.07, 6.45) is 0. The number of anilines is 1. The van der Waals surface area contributed by atoms with Gasteiger partial charge in [0.15, 0.2) is 0 Å². The van der Waals surface area contributed by atoms with E-state index in [1.54, 1.807) is 31.3 Å². The second-order valence-electron chi connectivity index (χ2n) is 2.96. The van der Waals surface area contributed by atoms with Crippen molar-refractivity contribution >= 4 is 18.8 Å². The van der Waals surface area contributed by atoms with Crippen molar-refractivity contribution in [3.63, 3.8) is 0 Å². The highest BCUT2D eigenvalue weighted by Gasteiger charge is 2.34. The van der Waals surface area contributed by atoms with E-state index in [9.17, 15) is 9.36 Å². The van der Waals surface area contributed by atoms with Crippen LogP contribution in [0.1, 0.15) is 10.4 Å². The molecule has 0 aliphatic heterocycles. The molecular weight excluding hydrogens is 229 g/mol. The highest BCUT2D eigenvalue weighted by atomic mass is 31.2. The number of nitrogens with one attached hydrogen (secondary N) is 1. The largest absolute Gasteiger partial charge is 0.401 e. The predicted octanol–water partition coefficient (Wildman–Crippen LogP) is 2.35. The van der Waals surface area contributed by atoms with E-state index in [1.165, 1.54) is 14.2 Å². The van der Waals surface area contributed by atoms with E-state index in [0.717, 1.165) is 0 Å². The molecular formula is C10H14NO4P.